The lowest BCUT2D eigenvalue weighted by molar-refractivity contribution is -0.123. The third-order valence-corrected chi connectivity index (χ3v) is 6.29. The average molecular weight is 477 g/mol. The Morgan fingerprint density at radius 2 is 1.89 bits per heavy atom. The molecule has 1 heterocycles. The van der Waals surface area contributed by atoms with Gasteiger partial charge in [0.2, 0.25) is 0 Å². The number of nitrogens with zero attached hydrogens (tertiary/aromatic N) is 2. The van der Waals surface area contributed by atoms with Crippen LogP contribution in [0.15, 0.2) is 36.4 Å². The molecule has 2 aliphatic carbocycles. The zero-order valence-electron chi connectivity index (χ0n) is 20.5. The Kier molecular flexibility index (Phi) is 6.53. The molecule has 0 aliphatic heterocycles. The zero-order chi connectivity index (χ0) is 24.4. The SMILES string of the molecule is CCOc1cccc(Nc2nn(C)c3c2Cc2cc(OCC)c(OCC(=O)NCC4CC4)cc2-3)c1. The van der Waals surface area contributed by atoms with Gasteiger partial charge in [-0.2, -0.15) is 5.10 Å². The molecule has 1 aromatic heterocycles. The van der Waals surface area contributed by atoms with Crippen LogP contribution >= 0.6 is 0 Å². The molecule has 8 nitrogen and oxygen atoms in total. The van der Waals surface area contributed by atoms with Gasteiger partial charge in [0.25, 0.3) is 5.91 Å². The number of amides is 1. The summed E-state index contributed by atoms with van der Waals surface area (Å²) in [4.78, 5) is 12.2. The molecule has 3 aromatic rings. The Bertz CT molecular complexity index is 1230. The number of aromatic nitrogens is 2. The Labute approximate surface area is 205 Å². The second kappa shape index (κ2) is 9.90. The van der Waals surface area contributed by atoms with Gasteiger partial charge in [0.05, 0.1) is 18.9 Å². The summed E-state index contributed by atoms with van der Waals surface area (Å²) in [5, 5.41) is 11.1. The third kappa shape index (κ3) is 5.06. The molecule has 35 heavy (non-hydrogen) atoms. The number of hydrogen-bond donors (Lipinski definition) is 2. The summed E-state index contributed by atoms with van der Waals surface area (Å²) in [5.74, 6) is 3.37. The van der Waals surface area contributed by atoms with Crippen molar-refractivity contribution in [3.8, 4) is 28.5 Å². The monoisotopic (exact) mass is 476 g/mol. The van der Waals surface area contributed by atoms with Crippen molar-refractivity contribution in [3.05, 3.63) is 47.5 Å². The first-order chi connectivity index (χ1) is 17.1. The molecule has 2 aromatic carbocycles. The van der Waals surface area contributed by atoms with Gasteiger partial charge in [0.15, 0.2) is 23.9 Å². The minimum absolute atomic E-state index is 0.0349. The molecule has 0 atom stereocenters. The number of rotatable bonds is 11. The van der Waals surface area contributed by atoms with E-state index in [-0.39, 0.29) is 12.5 Å². The summed E-state index contributed by atoms with van der Waals surface area (Å²) in [6.45, 7) is 5.74. The van der Waals surface area contributed by atoms with Gasteiger partial charge in [0, 0.05) is 42.9 Å². The van der Waals surface area contributed by atoms with E-state index in [1.54, 1.807) is 0 Å². The molecule has 0 spiro atoms. The lowest BCUT2D eigenvalue weighted by atomic mass is 10.1. The van der Waals surface area contributed by atoms with Crippen molar-refractivity contribution >= 4 is 17.4 Å². The van der Waals surface area contributed by atoms with Crippen LogP contribution in [0.2, 0.25) is 0 Å². The first kappa shape index (κ1) is 23.1. The fourth-order valence-electron chi connectivity index (χ4n) is 4.45. The second-order valence-electron chi connectivity index (χ2n) is 8.99. The van der Waals surface area contributed by atoms with Crippen LogP contribution < -0.4 is 24.8 Å². The lowest BCUT2D eigenvalue weighted by Gasteiger charge is -2.14. The Balaban J connectivity index is 1.38. The van der Waals surface area contributed by atoms with Crippen LogP contribution in [-0.4, -0.2) is 42.1 Å². The first-order valence-electron chi connectivity index (χ1n) is 12.3. The second-order valence-corrected chi connectivity index (χ2v) is 8.99. The predicted molar refractivity (Wildman–Crippen MR) is 135 cm³/mol. The minimum Gasteiger partial charge on any atom is -0.494 e. The van der Waals surface area contributed by atoms with Crippen molar-refractivity contribution in [1.29, 1.82) is 0 Å². The maximum absolute atomic E-state index is 12.2. The summed E-state index contributed by atoms with van der Waals surface area (Å²) >= 11 is 0. The molecule has 5 rings (SSSR count). The maximum Gasteiger partial charge on any atom is 0.257 e. The molecule has 1 amide bonds. The van der Waals surface area contributed by atoms with E-state index in [2.05, 4.69) is 10.6 Å². The summed E-state index contributed by atoms with van der Waals surface area (Å²) in [6.07, 6.45) is 3.12. The molecule has 2 N–H and O–H groups in total. The van der Waals surface area contributed by atoms with Crippen molar-refractivity contribution in [1.82, 2.24) is 15.1 Å². The molecule has 0 unspecified atom stereocenters. The molecule has 0 radical (unpaired) electrons. The van der Waals surface area contributed by atoms with Crippen LogP contribution in [-0.2, 0) is 18.3 Å². The van der Waals surface area contributed by atoms with Crippen LogP contribution in [0.3, 0.4) is 0 Å². The van der Waals surface area contributed by atoms with Crippen molar-refractivity contribution in [2.24, 2.45) is 13.0 Å². The summed E-state index contributed by atoms with van der Waals surface area (Å²) in [6, 6.07) is 11.9. The quantitative estimate of drug-likeness (QED) is 0.333. The smallest absolute Gasteiger partial charge is 0.257 e. The highest BCUT2D eigenvalue weighted by Gasteiger charge is 2.29. The highest BCUT2D eigenvalue weighted by molar-refractivity contribution is 5.82. The van der Waals surface area contributed by atoms with Crippen LogP contribution in [0.25, 0.3) is 11.3 Å². The number of anilines is 2. The van der Waals surface area contributed by atoms with Gasteiger partial charge in [-0.1, -0.05) is 6.07 Å². The molecule has 0 saturated heterocycles. The van der Waals surface area contributed by atoms with Crippen LogP contribution in [0.4, 0.5) is 11.5 Å². The highest BCUT2D eigenvalue weighted by Crippen LogP contribution is 2.45. The van der Waals surface area contributed by atoms with E-state index in [1.807, 2.05) is 62.0 Å². The average Bonchev–Trinajstić information content (AvgIpc) is 3.53. The number of carbonyl (C=O) groups is 1. The third-order valence-electron chi connectivity index (χ3n) is 6.29. The van der Waals surface area contributed by atoms with E-state index < -0.39 is 0 Å². The van der Waals surface area contributed by atoms with Gasteiger partial charge >= 0.3 is 0 Å². The highest BCUT2D eigenvalue weighted by atomic mass is 16.5. The van der Waals surface area contributed by atoms with E-state index in [0.717, 1.165) is 52.6 Å². The number of nitrogens with one attached hydrogen (secondary N) is 2. The Hall–Kier alpha value is -3.68. The normalized spacial score (nSPS) is 13.7. The van der Waals surface area contributed by atoms with Gasteiger partial charge < -0.3 is 24.8 Å². The number of fused-ring (bicyclic) bond motifs is 3. The van der Waals surface area contributed by atoms with Crippen molar-refractivity contribution in [2.75, 3.05) is 31.7 Å². The van der Waals surface area contributed by atoms with Gasteiger partial charge in [-0.15, -0.1) is 0 Å². The van der Waals surface area contributed by atoms with E-state index in [4.69, 9.17) is 19.3 Å². The summed E-state index contributed by atoms with van der Waals surface area (Å²) in [5.41, 5.74) is 5.26. The predicted octanol–water partition coefficient (Wildman–Crippen LogP) is 4.44. The number of aryl methyl sites for hydroxylation is 1. The fourth-order valence-corrected chi connectivity index (χ4v) is 4.45. The lowest BCUT2D eigenvalue weighted by Crippen LogP contribution is -2.30. The molecule has 1 saturated carbocycles. The number of carbonyl (C=O) groups excluding carboxylic acids is 1. The molecule has 1 fully saturated rings. The fraction of sp³-hybridized carbons (Fsp3) is 0.407. The minimum atomic E-state index is -0.109. The molecular formula is C27H32N4O4. The topological polar surface area (TPSA) is 86.6 Å². The van der Waals surface area contributed by atoms with Crippen LogP contribution in [0.5, 0.6) is 17.2 Å². The van der Waals surface area contributed by atoms with Gasteiger partial charge in [-0.3, -0.25) is 9.48 Å². The largest absolute Gasteiger partial charge is 0.494 e. The molecule has 0 bridgehead atoms. The summed E-state index contributed by atoms with van der Waals surface area (Å²) in [7, 11) is 1.94. The van der Waals surface area contributed by atoms with Gasteiger partial charge in [0.1, 0.15) is 5.75 Å². The van der Waals surface area contributed by atoms with Crippen molar-refractivity contribution in [3.63, 3.8) is 0 Å². The standard InChI is InChI=1S/C27H32N4O4/c1-4-33-20-8-6-7-19(13-20)29-27-22-11-18-12-23(34-5-2)24(14-21(18)26(22)31(3)30-27)35-16-25(32)28-15-17-9-10-17/h6-8,12-14,17H,4-5,9-11,15-16H2,1-3H3,(H,28,32)(H,29,30). The van der Waals surface area contributed by atoms with Gasteiger partial charge in [-0.25, -0.2) is 0 Å². The van der Waals surface area contributed by atoms with Crippen molar-refractivity contribution in [2.45, 2.75) is 33.1 Å². The number of ether oxygens (including phenoxy) is 3. The zero-order valence-corrected chi connectivity index (χ0v) is 20.5. The summed E-state index contributed by atoms with van der Waals surface area (Å²) < 4.78 is 19.3. The van der Waals surface area contributed by atoms with Gasteiger partial charge in [-0.05, 0) is 62.4 Å². The maximum atomic E-state index is 12.2. The molecule has 2 aliphatic rings. The van der Waals surface area contributed by atoms with E-state index in [9.17, 15) is 4.79 Å². The first-order valence-corrected chi connectivity index (χ1v) is 12.3. The van der Waals surface area contributed by atoms with Crippen molar-refractivity contribution < 1.29 is 19.0 Å². The molecule has 184 valence electrons. The van der Waals surface area contributed by atoms with E-state index in [1.165, 1.54) is 12.8 Å². The Morgan fingerprint density at radius 1 is 1.09 bits per heavy atom. The number of hydrogen-bond acceptors (Lipinski definition) is 6. The van der Waals surface area contributed by atoms with Crippen LogP contribution in [0, 0.1) is 5.92 Å². The van der Waals surface area contributed by atoms with Crippen LogP contribution in [0.1, 0.15) is 37.8 Å². The van der Waals surface area contributed by atoms with E-state index >= 15 is 0 Å². The molecular weight excluding hydrogens is 444 g/mol. The van der Waals surface area contributed by atoms with E-state index in [0.29, 0.717) is 30.6 Å². The molecule has 8 heteroatoms. The Morgan fingerprint density at radius 3 is 2.66 bits per heavy atom. The number of benzene rings is 2.